The normalized spacial score (nSPS) is 26.9. The van der Waals surface area contributed by atoms with Crippen LogP contribution in [-0.4, -0.2) is 22.9 Å². The van der Waals surface area contributed by atoms with Crippen LogP contribution in [0.1, 0.15) is 47.0 Å². The first-order valence-electron chi connectivity index (χ1n) is 6.24. The Balaban J connectivity index is 2.83. The molecule has 0 saturated carbocycles. The van der Waals surface area contributed by atoms with E-state index >= 15 is 0 Å². The molecule has 90 valence electrons. The van der Waals surface area contributed by atoms with Crippen LogP contribution in [0, 0.1) is 23.2 Å². The Kier molecular flexibility index (Phi) is 4.35. The fourth-order valence-electron chi connectivity index (χ4n) is 2.52. The van der Waals surface area contributed by atoms with E-state index in [0.29, 0.717) is 12.1 Å². The molecule has 3 nitrogen and oxygen atoms in total. The highest BCUT2D eigenvalue weighted by molar-refractivity contribution is 5.82. The molecule has 1 fully saturated rings. The predicted molar refractivity (Wildman–Crippen MR) is 63.6 cm³/mol. The van der Waals surface area contributed by atoms with Crippen LogP contribution in [0.2, 0.25) is 0 Å². The molecule has 1 saturated heterocycles. The van der Waals surface area contributed by atoms with Crippen molar-refractivity contribution in [3.63, 3.8) is 0 Å². The molecule has 0 aromatic heterocycles. The molecule has 1 heterocycles. The van der Waals surface area contributed by atoms with E-state index in [0.717, 1.165) is 19.3 Å². The van der Waals surface area contributed by atoms with Crippen LogP contribution >= 0.6 is 0 Å². The van der Waals surface area contributed by atoms with Crippen LogP contribution in [0.5, 0.6) is 0 Å². The number of hydrogen-bond donors (Lipinski definition) is 0. The lowest BCUT2D eigenvalue weighted by molar-refractivity contribution is -0.137. The van der Waals surface area contributed by atoms with Gasteiger partial charge < -0.3 is 4.90 Å². The Morgan fingerprint density at radius 3 is 2.56 bits per heavy atom. The minimum absolute atomic E-state index is 0.0364. The van der Waals surface area contributed by atoms with Crippen molar-refractivity contribution in [2.45, 2.75) is 59.0 Å². The first-order chi connectivity index (χ1) is 7.52. The number of likely N-dealkylation sites (tertiary alicyclic amines) is 1. The Morgan fingerprint density at radius 2 is 2.12 bits per heavy atom. The zero-order valence-corrected chi connectivity index (χ0v) is 10.7. The lowest BCUT2D eigenvalue weighted by Crippen LogP contribution is -2.44. The van der Waals surface area contributed by atoms with Crippen LogP contribution in [0.15, 0.2) is 0 Å². The van der Waals surface area contributed by atoms with Gasteiger partial charge in [-0.2, -0.15) is 5.26 Å². The molecule has 0 radical (unpaired) electrons. The molecule has 1 rings (SSSR count). The minimum Gasteiger partial charge on any atom is -0.336 e. The van der Waals surface area contributed by atoms with Gasteiger partial charge in [-0.15, -0.1) is 0 Å². The van der Waals surface area contributed by atoms with E-state index in [9.17, 15) is 4.79 Å². The summed E-state index contributed by atoms with van der Waals surface area (Å²) in [6, 6.07) is 2.79. The highest BCUT2D eigenvalue weighted by Gasteiger charge is 2.37. The van der Waals surface area contributed by atoms with Gasteiger partial charge in [0.1, 0.15) is 5.92 Å². The lowest BCUT2D eigenvalue weighted by atomic mass is 9.95. The molecule has 0 aromatic carbocycles. The molecular weight excluding hydrogens is 200 g/mol. The maximum atomic E-state index is 12.3. The van der Waals surface area contributed by atoms with Crippen molar-refractivity contribution in [1.82, 2.24) is 4.90 Å². The van der Waals surface area contributed by atoms with E-state index in [1.807, 2.05) is 18.7 Å². The summed E-state index contributed by atoms with van der Waals surface area (Å²) >= 11 is 0. The van der Waals surface area contributed by atoms with Crippen molar-refractivity contribution in [1.29, 1.82) is 5.26 Å². The highest BCUT2D eigenvalue weighted by Crippen LogP contribution is 2.29. The number of nitrogens with zero attached hydrogens (tertiary/aromatic N) is 2. The molecule has 0 aliphatic carbocycles. The van der Waals surface area contributed by atoms with E-state index in [4.69, 9.17) is 5.26 Å². The van der Waals surface area contributed by atoms with E-state index in [-0.39, 0.29) is 11.8 Å². The summed E-state index contributed by atoms with van der Waals surface area (Å²) in [6.45, 7) is 8.07. The van der Waals surface area contributed by atoms with Gasteiger partial charge in [0.05, 0.1) is 6.07 Å². The predicted octanol–water partition coefficient (Wildman–Crippen LogP) is 2.57. The third-order valence-electron chi connectivity index (χ3n) is 3.58. The van der Waals surface area contributed by atoms with Crippen LogP contribution in [0.3, 0.4) is 0 Å². The van der Waals surface area contributed by atoms with Crippen molar-refractivity contribution in [3.8, 4) is 6.07 Å². The zero-order chi connectivity index (χ0) is 12.3. The molecular formula is C13H22N2O. The summed E-state index contributed by atoms with van der Waals surface area (Å²) in [4.78, 5) is 14.3. The third kappa shape index (κ3) is 2.37. The van der Waals surface area contributed by atoms with Gasteiger partial charge in [-0.3, -0.25) is 4.79 Å². The van der Waals surface area contributed by atoms with Gasteiger partial charge in [-0.05, 0) is 32.1 Å². The van der Waals surface area contributed by atoms with Gasteiger partial charge in [-0.1, -0.05) is 20.8 Å². The second-order valence-electron chi connectivity index (χ2n) is 5.08. The van der Waals surface area contributed by atoms with Gasteiger partial charge in [0.15, 0.2) is 0 Å². The Hall–Kier alpha value is -1.04. The standard InChI is InChI=1S/C13H22N2O/c1-5-11-7-6-10(4)15(11)13(16)12(8-14)9(2)3/h9-12H,5-7H2,1-4H3. The van der Waals surface area contributed by atoms with Crippen LogP contribution in [0.4, 0.5) is 0 Å². The van der Waals surface area contributed by atoms with Crippen LogP contribution in [-0.2, 0) is 4.79 Å². The molecule has 0 N–H and O–H groups in total. The molecule has 1 aliphatic heterocycles. The van der Waals surface area contributed by atoms with Crippen molar-refractivity contribution < 1.29 is 4.79 Å². The Morgan fingerprint density at radius 1 is 1.50 bits per heavy atom. The maximum absolute atomic E-state index is 12.3. The second kappa shape index (κ2) is 5.34. The number of carbonyl (C=O) groups excluding carboxylic acids is 1. The van der Waals surface area contributed by atoms with E-state index in [2.05, 4.69) is 19.9 Å². The average molecular weight is 222 g/mol. The maximum Gasteiger partial charge on any atom is 0.240 e. The first-order valence-corrected chi connectivity index (χ1v) is 6.24. The molecule has 1 amide bonds. The van der Waals surface area contributed by atoms with Gasteiger partial charge in [-0.25, -0.2) is 0 Å². The number of nitriles is 1. The van der Waals surface area contributed by atoms with E-state index < -0.39 is 5.92 Å². The van der Waals surface area contributed by atoms with Crippen LogP contribution < -0.4 is 0 Å². The fourth-order valence-corrected chi connectivity index (χ4v) is 2.52. The van der Waals surface area contributed by atoms with Gasteiger partial charge >= 0.3 is 0 Å². The lowest BCUT2D eigenvalue weighted by Gasteiger charge is -2.30. The molecule has 0 bridgehead atoms. The molecule has 3 unspecified atom stereocenters. The smallest absolute Gasteiger partial charge is 0.240 e. The SMILES string of the molecule is CCC1CCC(C)N1C(=O)C(C#N)C(C)C. The van der Waals surface area contributed by atoms with E-state index in [1.54, 1.807) is 0 Å². The number of rotatable bonds is 3. The third-order valence-corrected chi connectivity index (χ3v) is 3.58. The molecule has 3 atom stereocenters. The largest absolute Gasteiger partial charge is 0.336 e. The first kappa shape index (κ1) is 13.0. The van der Waals surface area contributed by atoms with Crippen molar-refractivity contribution in [3.05, 3.63) is 0 Å². The van der Waals surface area contributed by atoms with Crippen molar-refractivity contribution >= 4 is 5.91 Å². The van der Waals surface area contributed by atoms with Gasteiger partial charge in [0.2, 0.25) is 5.91 Å². The summed E-state index contributed by atoms with van der Waals surface area (Å²) in [7, 11) is 0. The quantitative estimate of drug-likeness (QED) is 0.736. The molecule has 0 spiro atoms. The summed E-state index contributed by atoms with van der Waals surface area (Å²) < 4.78 is 0. The van der Waals surface area contributed by atoms with Gasteiger partial charge in [0, 0.05) is 12.1 Å². The monoisotopic (exact) mass is 222 g/mol. The summed E-state index contributed by atoms with van der Waals surface area (Å²) in [5.74, 6) is -0.341. The summed E-state index contributed by atoms with van der Waals surface area (Å²) in [5, 5.41) is 9.07. The Labute approximate surface area is 98.4 Å². The van der Waals surface area contributed by atoms with Crippen molar-refractivity contribution in [2.24, 2.45) is 11.8 Å². The second-order valence-corrected chi connectivity index (χ2v) is 5.08. The minimum atomic E-state index is -0.477. The number of carbonyl (C=O) groups is 1. The summed E-state index contributed by atoms with van der Waals surface area (Å²) in [6.07, 6.45) is 3.15. The average Bonchev–Trinajstić information content (AvgIpc) is 2.59. The van der Waals surface area contributed by atoms with E-state index in [1.165, 1.54) is 0 Å². The molecule has 0 aromatic rings. The van der Waals surface area contributed by atoms with Gasteiger partial charge in [0.25, 0.3) is 0 Å². The zero-order valence-electron chi connectivity index (χ0n) is 10.7. The number of amides is 1. The van der Waals surface area contributed by atoms with Crippen LogP contribution in [0.25, 0.3) is 0 Å². The number of hydrogen-bond acceptors (Lipinski definition) is 2. The summed E-state index contributed by atoms with van der Waals surface area (Å²) in [5.41, 5.74) is 0. The molecule has 3 heteroatoms. The van der Waals surface area contributed by atoms with Crippen molar-refractivity contribution in [2.75, 3.05) is 0 Å². The molecule has 16 heavy (non-hydrogen) atoms. The highest BCUT2D eigenvalue weighted by atomic mass is 16.2. The molecule has 1 aliphatic rings. The topological polar surface area (TPSA) is 44.1 Å². The fraction of sp³-hybridized carbons (Fsp3) is 0.846. The Bertz CT molecular complexity index is 293.